The van der Waals surface area contributed by atoms with Crippen molar-refractivity contribution in [1.82, 2.24) is 0 Å². The van der Waals surface area contributed by atoms with Gasteiger partial charge in [-0.2, -0.15) is 0 Å². The van der Waals surface area contributed by atoms with Gasteiger partial charge in [-0.25, -0.2) is 0 Å². The number of carbonyl (C=O) groups is 3. The summed E-state index contributed by atoms with van der Waals surface area (Å²) in [5.74, 6) is -0.879. The molecule has 0 saturated carbocycles. The quantitative estimate of drug-likeness (QED) is 0.0261. The molecule has 0 N–H and O–H groups in total. The molecule has 6 heteroatoms. The number of allylic oxidation sites excluding steroid dienone is 14. The number of hydrogen-bond acceptors (Lipinski definition) is 6. The minimum Gasteiger partial charge on any atom is -0.462 e. The van der Waals surface area contributed by atoms with E-state index in [9.17, 15) is 14.4 Å². The second-order valence-corrected chi connectivity index (χ2v) is 23.4. The van der Waals surface area contributed by atoms with E-state index in [1.165, 1.54) is 212 Å². The Labute approximate surface area is 503 Å². The molecule has 6 nitrogen and oxygen atoms in total. The van der Waals surface area contributed by atoms with Crippen molar-refractivity contribution < 1.29 is 28.6 Å². The van der Waals surface area contributed by atoms with Gasteiger partial charge in [-0.15, -0.1) is 0 Å². The van der Waals surface area contributed by atoms with Crippen LogP contribution >= 0.6 is 0 Å². The van der Waals surface area contributed by atoms with Gasteiger partial charge in [0.05, 0.1) is 0 Å². The molecule has 0 saturated heterocycles. The summed E-state index contributed by atoms with van der Waals surface area (Å²) in [6.45, 7) is 6.54. The van der Waals surface area contributed by atoms with Gasteiger partial charge in [0.2, 0.25) is 0 Å². The van der Waals surface area contributed by atoms with Crippen LogP contribution in [0.5, 0.6) is 0 Å². The first-order valence-corrected chi connectivity index (χ1v) is 35.1. The molecule has 0 fully saturated rings. The van der Waals surface area contributed by atoms with Crippen LogP contribution < -0.4 is 0 Å². The second-order valence-electron chi connectivity index (χ2n) is 23.4. The van der Waals surface area contributed by atoms with Crippen molar-refractivity contribution in [2.75, 3.05) is 13.2 Å². The number of ether oxygens (including phenoxy) is 3. The highest BCUT2D eigenvalue weighted by Gasteiger charge is 2.19. The van der Waals surface area contributed by atoms with Crippen molar-refractivity contribution in [3.05, 3.63) is 85.1 Å². The average molecular weight is 1130 g/mol. The molecule has 0 aliphatic heterocycles. The Bertz CT molecular complexity index is 1530. The standard InChI is InChI=1S/C75H132O6/c1-4-7-10-13-16-19-22-25-28-31-33-35-36-37-38-40-41-44-47-50-53-56-59-62-65-68-74(77)80-71-72(70-79-73(76)67-64-61-58-55-52-49-46-43-30-27-24-21-18-15-12-9-6-3)81-75(78)69-66-63-60-57-54-51-48-45-42-39-34-32-29-26-23-20-17-14-11-8-5-2/h8,11,17-18,20-21,26-27,29-31,33-34,39,72H,4-7,9-10,12-16,19,22-25,28,32,35-38,40-71H2,1-3H3/b11-8-,20-17-,21-18-,29-26-,30-27-,33-31-,39-34-. The molecule has 0 radical (unpaired) electrons. The van der Waals surface area contributed by atoms with E-state index in [4.69, 9.17) is 14.2 Å². The summed E-state index contributed by atoms with van der Waals surface area (Å²) in [6, 6.07) is 0. The Kier molecular flexibility index (Phi) is 66.2. The summed E-state index contributed by atoms with van der Waals surface area (Å²) in [5, 5.41) is 0. The van der Waals surface area contributed by atoms with Crippen molar-refractivity contribution in [1.29, 1.82) is 0 Å². The van der Waals surface area contributed by atoms with Gasteiger partial charge in [0.15, 0.2) is 6.10 Å². The molecule has 0 amide bonds. The van der Waals surface area contributed by atoms with E-state index in [-0.39, 0.29) is 31.1 Å². The summed E-state index contributed by atoms with van der Waals surface area (Å²) in [7, 11) is 0. The maximum atomic E-state index is 13.0. The normalized spacial score (nSPS) is 12.6. The summed E-state index contributed by atoms with van der Waals surface area (Å²) in [6.07, 6.45) is 91.7. The highest BCUT2D eigenvalue weighted by Crippen LogP contribution is 2.17. The van der Waals surface area contributed by atoms with E-state index in [0.717, 1.165) is 103 Å². The third-order valence-corrected chi connectivity index (χ3v) is 15.4. The molecular weight excluding hydrogens is 997 g/mol. The molecule has 0 heterocycles. The van der Waals surface area contributed by atoms with Gasteiger partial charge < -0.3 is 14.2 Å². The van der Waals surface area contributed by atoms with Gasteiger partial charge >= 0.3 is 17.9 Å². The molecule has 0 aromatic rings. The minimum atomic E-state index is -0.787. The Morgan fingerprint density at radius 3 is 0.790 bits per heavy atom. The lowest BCUT2D eigenvalue weighted by Gasteiger charge is -2.18. The van der Waals surface area contributed by atoms with Crippen LogP contribution in [0.25, 0.3) is 0 Å². The Hall–Kier alpha value is -3.41. The molecule has 0 aromatic heterocycles. The minimum absolute atomic E-state index is 0.0805. The van der Waals surface area contributed by atoms with Crippen LogP contribution in [0.15, 0.2) is 85.1 Å². The first-order chi connectivity index (χ1) is 40.0. The van der Waals surface area contributed by atoms with E-state index in [1.807, 2.05) is 0 Å². The van der Waals surface area contributed by atoms with E-state index in [1.54, 1.807) is 0 Å². The number of esters is 3. The fourth-order valence-electron chi connectivity index (χ4n) is 10.1. The van der Waals surface area contributed by atoms with E-state index in [0.29, 0.717) is 19.3 Å². The number of rotatable bonds is 64. The third kappa shape index (κ3) is 67.3. The largest absolute Gasteiger partial charge is 0.462 e. The van der Waals surface area contributed by atoms with Gasteiger partial charge in [0.25, 0.3) is 0 Å². The fourth-order valence-corrected chi connectivity index (χ4v) is 10.1. The summed E-state index contributed by atoms with van der Waals surface area (Å²) < 4.78 is 17.0. The van der Waals surface area contributed by atoms with E-state index in [2.05, 4.69) is 106 Å². The van der Waals surface area contributed by atoms with Crippen molar-refractivity contribution in [2.24, 2.45) is 0 Å². The van der Waals surface area contributed by atoms with Gasteiger partial charge in [-0.1, -0.05) is 305 Å². The Morgan fingerprint density at radius 1 is 0.259 bits per heavy atom. The highest BCUT2D eigenvalue weighted by atomic mass is 16.6. The molecule has 0 aromatic carbocycles. The van der Waals surface area contributed by atoms with Crippen LogP contribution in [0.3, 0.4) is 0 Å². The van der Waals surface area contributed by atoms with Crippen LogP contribution in [0.4, 0.5) is 0 Å². The summed E-state index contributed by atoms with van der Waals surface area (Å²) >= 11 is 0. The van der Waals surface area contributed by atoms with Gasteiger partial charge in [0, 0.05) is 19.3 Å². The smallest absolute Gasteiger partial charge is 0.306 e. The first-order valence-electron chi connectivity index (χ1n) is 35.1. The monoisotopic (exact) mass is 1130 g/mol. The topological polar surface area (TPSA) is 78.9 Å². The fraction of sp³-hybridized carbons (Fsp3) is 0.773. The predicted molar refractivity (Wildman–Crippen MR) is 353 cm³/mol. The molecule has 1 unspecified atom stereocenters. The Balaban J connectivity index is 4.35. The highest BCUT2D eigenvalue weighted by molar-refractivity contribution is 5.71. The summed E-state index contributed by atoms with van der Waals surface area (Å²) in [4.78, 5) is 38.5. The van der Waals surface area contributed by atoms with Crippen molar-refractivity contribution in [2.45, 2.75) is 361 Å². The van der Waals surface area contributed by atoms with Gasteiger partial charge in [0.1, 0.15) is 13.2 Å². The van der Waals surface area contributed by atoms with E-state index < -0.39 is 6.10 Å². The molecule has 0 spiro atoms. The van der Waals surface area contributed by atoms with Crippen LogP contribution in [0.2, 0.25) is 0 Å². The van der Waals surface area contributed by atoms with Gasteiger partial charge in [-0.05, 0) is 116 Å². The van der Waals surface area contributed by atoms with Gasteiger partial charge in [-0.3, -0.25) is 14.4 Å². The Morgan fingerprint density at radius 2 is 0.481 bits per heavy atom. The number of hydrogen-bond donors (Lipinski definition) is 0. The average Bonchev–Trinajstić information content (AvgIpc) is 3.47. The summed E-state index contributed by atoms with van der Waals surface area (Å²) in [5.41, 5.74) is 0. The van der Waals surface area contributed by atoms with Crippen LogP contribution in [-0.2, 0) is 28.6 Å². The van der Waals surface area contributed by atoms with E-state index >= 15 is 0 Å². The maximum Gasteiger partial charge on any atom is 0.306 e. The molecule has 468 valence electrons. The molecule has 0 aliphatic carbocycles. The molecule has 1 atom stereocenters. The van der Waals surface area contributed by atoms with Crippen LogP contribution in [0.1, 0.15) is 355 Å². The second kappa shape index (κ2) is 69.1. The SMILES string of the molecule is CC/C=C\C/C=C\C/C=C\C/C=C\CCCCCCCCCCC(=O)OC(COC(=O)CCCCCCCCC/C=C\C/C=C\CCCCC)COC(=O)CCCCCCCCCCCCCCC/C=C\CCCCCCCCCC. The lowest BCUT2D eigenvalue weighted by Crippen LogP contribution is -2.30. The maximum absolute atomic E-state index is 13.0. The zero-order valence-corrected chi connectivity index (χ0v) is 53.8. The zero-order chi connectivity index (χ0) is 58.5. The molecule has 0 bridgehead atoms. The predicted octanol–water partition coefficient (Wildman–Crippen LogP) is 24.2. The van der Waals surface area contributed by atoms with Crippen LogP contribution in [-0.4, -0.2) is 37.2 Å². The number of unbranched alkanes of at least 4 members (excludes halogenated alkanes) is 39. The molecule has 0 aliphatic rings. The van der Waals surface area contributed by atoms with Crippen molar-refractivity contribution in [3.63, 3.8) is 0 Å². The molecule has 0 rings (SSSR count). The van der Waals surface area contributed by atoms with Crippen molar-refractivity contribution >= 4 is 17.9 Å². The first kappa shape index (κ1) is 77.6. The lowest BCUT2D eigenvalue weighted by atomic mass is 10.0. The third-order valence-electron chi connectivity index (χ3n) is 15.4. The molecular formula is C75H132O6. The lowest BCUT2D eigenvalue weighted by molar-refractivity contribution is -0.167. The van der Waals surface area contributed by atoms with Crippen LogP contribution in [0, 0.1) is 0 Å². The molecule has 81 heavy (non-hydrogen) atoms. The number of carbonyl (C=O) groups excluding carboxylic acids is 3. The zero-order valence-electron chi connectivity index (χ0n) is 53.8. The van der Waals surface area contributed by atoms with Crippen molar-refractivity contribution in [3.8, 4) is 0 Å².